The van der Waals surface area contributed by atoms with Crippen LogP contribution in [0.2, 0.25) is 0 Å². The molecule has 0 atom stereocenters. The Morgan fingerprint density at radius 1 is 0.885 bits per heavy atom. The van der Waals surface area contributed by atoms with Crippen LogP contribution in [0.1, 0.15) is 25.7 Å². The first-order valence-electron chi connectivity index (χ1n) is 8.93. The smallest absolute Gasteiger partial charge is 0.243 e. The number of aromatic nitrogens is 1. The minimum Gasteiger partial charge on any atom is -0.355 e. The van der Waals surface area contributed by atoms with Crippen molar-refractivity contribution in [2.24, 2.45) is 0 Å². The maximum Gasteiger partial charge on any atom is 0.243 e. The van der Waals surface area contributed by atoms with Crippen molar-refractivity contribution in [1.82, 2.24) is 9.29 Å². The molecule has 136 valence electrons. The summed E-state index contributed by atoms with van der Waals surface area (Å²) in [6.07, 6.45) is 4.01. The lowest BCUT2D eigenvalue weighted by Gasteiger charge is -2.19. The molecule has 0 bridgehead atoms. The maximum atomic E-state index is 13.1. The van der Waals surface area contributed by atoms with Gasteiger partial charge in [-0.15, -0.1) is 0 Å². The Labute approximate surface area is 152 Å². The van der Waals surface area contributed by atoms with E-state index in [9.17, 15) is 12.8 Å². The fraction of sp³-hybridized carbons (Fsp3) is 0.300. The molecule has 2 aromatic carbocycles. The number of hydrogen-bond donors (Lipinski definition) is 1. The van der Waals surface area contributed by atoms with Crippen molar-refractivity contribution in [2.75, 3.05) is 13.1 Å². The second-order valence-corrected chi connectivity index (χ2v) is 8.70. The Kier molecular flexibility index (Phi) is 4.54. The normalized spacial score (nSPS) is 16.7. The Bertz CT molecular complexity index is 1020. The van der Waals surface area contributed by atoms with Crippen molar-refractivity contribution in [2.45, 2.75) is 30.6 Å². The van der Waals surface area contributed by atoms with E-state index >= 15 is 0 Å². The van der Waals surface area contributed by atoms with Gasteiger partial charge in [-0.25, -0.2) is 12.8 Å². The molecule has 4 nitrogen and oxygen atoms in total. The van der Waals surface area contributed by atoms with Crippen molar-refractivity contribution < 1.29 is 12.8 Å². The van der Waals surface area contributed by atoms with E-state index in [2.05, 4.69) is 4.98 Å². The van der Waals surface area contributed by atoms with Crippen LogP contribution in [-0.4, -0.2) is 30.8 Å². The van der Waals surface area contributed by atoms with Crippen LogP contribution in [0.4, 0.5) is 4.39 Å². The van der Waals surface area contributed by atoms with Gasteiger partial charge in [0, 0.05) is 29.7 Å². The third-order valence-electron chi connectivity index (χ3n) is 4.95. The van der Waals surface area contributed by atoms with Gasteiger partial charge in [0.05, 0.1) is 4.90 Å². The summed E-state index contributed by atoms with van der Waals surface area (Å²) in [5.41, 5.74) is 2.56. The van der Waals surface area contributed by atoms with Crippen molar-refractivity contribution in [3.05, 3.63) is 54.3 Å². The van der Waals surface area contributed by atoms with Gasteiger partial charge in [-0.2, -0.15) is 4.31 Å². The number of nitrogens with zero attached hydrogens (tertiary/aromatic N) is 1. The van der Waals surface area contributed by atoms with Crippen LogP contribution in [0.5, 0.6) is 0 Å². The Morgan fingerprint density at radius 2 is 1.58 bits per heavy atom. The van der Waals surface area contributed by atoms with E-state index in [1.807, 2.05) is 6.07 Å². The number of hydrogen-bond acceptors (Lipinski definition) is 2. The minimum atomic E-state index is -3.47. The summed E-state index contributed by atoms with van der Waals surface area (Å²) in [6.45, 7) is 1.18. The highest BCUT2D eigenvalue weighted by molar-refractivity contribution is 7.89. The van der Waals surface area contributed by atoms with E-state index in [0.717, 1.165) is 47.8 Å². The van der Waals surface area contributed by atoms with E-state index < -0.39 is 10.0 Å². The van der Waals surface area contributed by atoms with Crippen molar-refractivity contribution in [3.8, 4) is 11.3 Å². The number of fused-ring (bicyclic) bond motifs is 1. The predicted octanol–water partition coefficient (Wildman–Crippen LogP) is 4.54. The molecule has 4 rings (SSSR count). The van der Waals surface area contributed by atoms with Gasteiger partial charge in [0.25, 0.3) is 0 Å². The third kappa shape index (κ3) is 3.27. The molecule has 0 unspecified atom stereocenters. The lowest BCUT2D eigenvalue weighted by atomic mass is 10.1. The number of sulfonamides is 1. The summed E-state index contributed by atoms with van der Waals surface area (Å²) >= 11 is 0. The molecule has 3 aromatic rings. The van der Waals surface area contributed by atoms with Gasteiger partial charge >= 0.3 is 0 Å². The number of nitrogens with one attached hydrogen (secondary N) is 1. The third-order valence-corrected chi connectivity index (χ3v) is 6.84. The summed E-state index contributed by atoms with van der Waals surface area (Å²) in [6, 6.07) is 13.3. The molecule has 0 radical (unpaired) electrons. The van der Waals surface area contributed by atoms with Crippen LogP contribution in [0, 0.1) is 5.82 Å². The van der Waals surface area contributed by atoms with Crippen LogP contribution in [0.3, 0.4) is 0 Å². The zero-order valence-electron chi connectivity index (χ0n) is 14.4. The van der Waals surface area contributed by atoms with E-state index in [-0.39, 0.29) is 5.82 Å². The standard InChI is InChI=1S/C20H21FN2O2S/c21-17-7-5-15(6-8-17)20-14-16-13-18(9-10-19(16)22-20)26(24,25)23-11-3-1-2-4-12-23/h5-10,13-14,22H,1-4,11-12H2. The number of benzene rings is 2. The molecule has 26 heavy (non-hydrogen) atoms. The molecule has 1 aliphatic heterocycles. The Morgan fingerprint density at radius 3 is 2.27 bits per heavy atom. The van der Waals surface area contributed by atoms with Gasteiger partial charge in [-0.1, -0.05) is 12.8 Å². The van der Waals surface area contributed by atoms with Crippen LogP contribution in [0.25, 0.3) is 22.2 Å². The molecule has 1 aliphatic rings. The monoisotopic (exact) mass is 372 g/mol. The molecule has 0 aliphatic carbocycles. The molecular weight excluding hydrogens is 351 g/mol. The van der Waals surface area contributed by atoms with Crippen molar-refractivity contribution in [3.63, 3.8) is 0 Å². The molecule has 1 fully saturated rings. The minimum absolute atomic E-state index is 0.282. The fourth-order valence-electron chi connectivity index (χ4n) is 3.49. The van der Waals surface area contributed by atoms with Crippen LogP contribution >= 0.6 is 0 Å². The van der Waals surface area contributed by atoms with Gasteiger partial charge in [-0.3, -0.25) is 0 Å². The summed E-state index contributed by atoms with van der Waals surface area (Å²) in [5.74, 6) is -0.282. The Balaban J connectivity index is 1.70. The first kappa shape index (κ1) is 17.2. The largest absolute Gasteiger partial charge is 0.355 e. The maximum absolute atomic E-state index is 13.1. The number of rotatable bonds is 3. The number of H-pyrrole nitrogens is 1. The highest BCUT2D eigenvalue weighted by atomic mass is 32.2. The van der Waals surface area contributed by atoms with Crippen molar-refractivity contribution in [1.29, 1.82) is 0 Å². The lowest BCUT2D eigenvalue weighted by Crippen LogP contribution is -2.31. The van der Waals surface area contributed by atoms with Gasteiger partial charge < -0.3 is 4.98 Å². The molecule has 2 heterocycles. The molecule has 1 saturated heterocycles. The number of aromatic amines is 1. The van der Waals surface area contributed by atoms with Gasteiger partial charge in [0.2, 0.25) is 10.0 Å². The highest BCUT2D eigenvalue weighted by Gasteiger charge is 2.25. The molecule has 0 saturated carbocycles. The fourth-order valence-corrected chi connectivity index (χ4v) is 5.04. The first-order chi connectivity index (χ1) is 12.5. The second kappa shape index (κ2) is 6.85. The average Bonchev–Trinajstić information content (AvgIpc) is 2.86. The summed E-state index contributed by atoms with van der Waals surface area (Å²) in [7, 11) is -3.47. The van der Waals surface area contributed by atoms with E-state index in [4.69, 9.17) is 0 Å². The topological polar surface area (TPSA) is 53.2 Å². The van der Waals surface area contributed by atoms with E-state index in [0.29, 0.717) is 18.0 Å². The second-order valence-electron chi connectivity index (χ2n) is 6.76. The zero-order valence-corrected chi connectivity index (χ0v) is 15.2. The zero-order chi connectivity index (χ0) is 18.1. The van der Waals surface area contributed by atoms with E-state index in [1.54, 1.807) is 34.6 Å². The SMILES string of the molecule is O=S(=O)(c1ccc2[nH]c(-c3ccc(F)cc3)cc2c1)N1CCCCCC1. The summed E-state index contributed by atoms with van der Waals surface area (Å²) in [5, 5.41) is 0.834. The van der Waals surface area contributed by atoms with Crippen LogP contribution in [-0.2, 0) is 10.0 Å². The van der Waals surface area contributed by atoms with Gasteiger partial charge in [0.15, 0.2) is 0 Å². The summed E-state index contributed by atoms with van der Waals surface area (Å²) < 4.78 is 40.7. The lowest BCUT2D eigenvalue weighted by molar-refractivity contribution is 0.424. The molecule has 0 amide bonds. The van der Waals surface area contributed by atoms with Crippen LogP contribution in [0.15, 0.2) is 53.4 Å². The van der Waals surface area contributed by atoms with Gasteiger partial charge in [0.1, 0.15) is 5.82 Å². The van der Waals surface area contributed by atoms with E-state index in [1.165, 1.54) is 12.1 Å². The van der Waals surface area contributed by atoms with Gasteiger partial charge in [-0.05, 0) is 66.9 Å². The number of halogens is 1. The Hall–Kier alpha value is -2.18. The molecule has 1 N–H and O–H groups in total. The van der Waals surface area contributed by atoms with Crippen molar-refractivity contribution >= 4 is 20.9 Å². The summed E-state index contributed by atoms with van der Waals surface area (Å²) in [4.78, 5) is 3.60. The highest BCUT2D eigenvalue weighted by Crippen LogP contribution is 2.28. The van der Waals surface area contributed by atoms with Crippen LogP contribution < -0.4 is 0 Å². The molecule has 6 heteroatoms. The molecular formula is C20H21FN2O2S. The average molecular weight is 372 g/mol. The first-order valence-corrected chi connectivity index (χ1v) is 10.4. The molecule has 1 aromatic heterocycles. The quantitative estimate of drug-likeness (QED) is 0.734. The molecule has 0 spiro atoms. The predicted molar refractivity (Wildman–Crippen MR) is 101 cm³/mol.